The second kappa shape index (κ2) is 10.5. The van der Waals surface area contributed by atoms with Gasteiger partial charge in [0.25, 0.3) is 0 Å². The van der Waals surface area contributed by atoms with E-state index in [1.165, 1.54) is 23.3 Å². The largest absolute Gasteiger partial charge is 0.486 e. The molecule has 2 saturated carbocycles. The first-order valence-electron chi connectivity index (χ1n) is 15.9. The number of aryl methyl sites for hydroxylation is 1. The molecule has 8 rings (SSSR count). The molecule has 9 heteroatoms. The molecule has 1 aromatic heterocycles. The summed E-state index contributed by atoms with van der Waals surface area (Å²) in [5.41, 5.74) is 7.09. The van der Waals surface area contributed by atoms with Gasteiger partial charge in [-0.15, -0.1) is 9.24 Å². The molecule has 3 fully saturated rings. The third kappa shape index (κ3) is 4.52. The van der Waals surface area contributed by atoms with E-state index in [2.05, 4.69) is 51.9 Å². The van der Waals surface area contributed by atoms with Crippen molar-refractivity contribution in [2.45, 2.75) is 64.0 Å². The molecule has 45 heavy (non-hydrogen) atoms. The Bertz CT molecular complexity index is 1970. The predicted octanol–water partition coefficient (Wildman–Crippen LogP) is 5.87. The highest BCUT2D eigenvalue weighted by Crippen LogP contribution is 2.51. The summed E-state index contributed by atoms with van der Waals surface area (Å²) in [6.45, 7) is 9.52. The van der Waals surface area contributed by atoms with Crippen LogP contribution in [0.15, 0.2) is 53.8 Å². The number of nitrogens with zero attached hydrogens (tertiary/aromatic N) is 4. The number of ether oxygens (including phenoxy) is 1. The van der Waals surface area contributed by atoms with Crippen molar-refractivity contribution in [1.29, 1.82) is 0 Å². The minimum Gasteiger partial charge on any atom is -0.486 e. The lowest BCUT2D eigenvalue weighted by Gasteiger charge is -2.41. The quantitative estimate of drug-likeness (QED) is 0.206. The number of rotatable bonds is 5. The summed E-state index contributed by atoms with van der Waals surface area (Å²) < 4.78 is 23.5. The molecule has 0 radical (unpaired) electrons. The van der Waals surface area contributed by atoms with Crippen LogP contribution in [0.25, 0.3) is 27.7 Å². The van der Waals surface area contributed by atoms with Crippen molar-refractivity contribution < 1.29 is 13.9 Å². The number of halogens is 1. The zero-order valence-corrected chi connectivity index (χ0v) is 26.8. The molecule has 0 spiro atoms. The first kappa shape index (κ1) is 28.4. The van der Waals surface area contributed by atoms with Crippen molar-refractivity contribution in [3.8, 4) is 22.6 Å². The summed E-state index contributed by atoms with van der Waals surface area (Å²) >= 11 is 0. The number of anilines is 1. The number of carbonyl (C=O) groups excluding carboxylic acids is 1. The topological polar surface area (TPSA) is 67.7 Å². The second-order valence-electron chi connectivity index (χ2n) is 13.0. The molecule has 1 saturated heterocycles. The molecule has 2 atom stereocenters. The third-order valence-corrected chi connectivity index (χ3v) is 10.5. The molecular weight excluding hydrogens is 586 g/mol. The van der Waals surface area contributed by atoms with Gasteiger partial charge in [-0.2, -0.15) is 4.98 Å². The van der Waals surface area contributed by atoms with Crippen molar-refractivity contribution in [2.24, 2.45) is 0 Å². The number of benzene rings is 3. The highest BCUT2D eigenvalue weighted by atomic mass is 31.0. The van der Waals surface area contributed by atoms with Crippen LogP contribution >= 0.6 is 9.24 Å². The van der Waals surface area contributed by atoms with Crippen LogP contribution in [0.2, 0.25) is 0 Å². The summed E-state index contributed by atoms with van der Waals surface area (Å²) in [5.74, 6) is 1.60. The van der Waals surface area contributed by atoms with Crippen LogP contribution < -0.4 is 20.6 Å². The summed E-state index contributed by atoms with van der Waals surface area (Å²) in [5, 5.41) is 1.31. The Kier molecular flexibility index (Phi) is 6.65. The molecular formula is C36H36FN4O3P. The van der Waals surface area contributed by atoms with Crippen molar-refractivity contribution in [1.82, 2.24) is 14.5 Å². The highest BCUT2D eigenvalue weighted by Gasteiger charge is 2.37. The van der Waals surface area contributed by atoms with E-state index in [1.54, 1.807) is 11.0 Å². The van der Waals surface area contributed by atoms with Crippen LogP contribution in [0.5, 0.6) is 5.75 Å². The maximum atomic E-state index is 15.0. The SMILES string of the molecule is C=CC(=O)N1CCN(c2nc(=O)n(-c3c(C4CC4)cccc3C3CC3)c3c4c(c(C)cc23)-c2c(ccc(F)c2P)CO4)[C@@H](C)C1. The van der Waals surface area contributed by atoms with Gasteiger partial charge in [0.05, 0.1) is 5.69 Å². The lowest BCUT2D eigenvalue weighted by molar-refractivity contribution is -0.126. The standard InChI is InChI=1S/C36H36FN4O3P/c1-4-28(42)39-14-15-40(20(3)17-39)35-26-16-19(2)29-30-23(12-13-27(37)34(30)45)18-44-33(29)32(26)41(36(43)38-35)31-24(21-8-9-21)6-5-7-25(31)22-10-11-22/h4-7,12-13,16,20-22H,1,8-11,14-15,17-18,45H2,2-3H3/t20-/m0/s1. The normalized spacial score (nSPS) is 19.2. The van der Waals surface area contributed by atoms with Crippen LogP contribution in [-0.2, 0) is 11.4 Å². The van der Waals surface area contributed by atoms with E-state index >= 15 is 4.39 Å². The molecule has 4 aliphatic rings. The fourth-order valence-corrected chi connectivity index (χ4v) is 7.86. The molecule has 4 aromatic rings. The van der Waals surface area contributed by atoms with Crippen molar-refractivity contribution in [3.05, 3.63) is 87.6 Å². The number of amides is 1. The zero-order chi connectivity index (χ0) is 31.1. The third-order valence-electron chi connectivity index (χ3n) is 9.95. The first-order chi connectivity index (χ1) is 21.8. The number of para-hydroxylation sites is 1. The molecule has 3 aromatic carbocycles. The molecule has 0 N–H and O–H groups in total. The predicted molar refractivity (Wildman–Crippen MR) is 179 cm³/mol. The number of hydrogen-bond acceptors (Lipinski definition) is 5. The van der Waals surface area contributed by atoms with Gasteiger partial charge in [0, 0.05) is 47.5 Å². The maximum absolute atomic E-state index is 15.0. The minimum absolute atomic E-state index is 0.0832. The number of carbonyl (C=O) groups is 1. The van der Waals surface area contributed by atoms with Crippen LogP contribution in [0.3, 0.4) is 0 Å². The lowest BCUT2D eigenvalue weighted by Crippen LogP contribution is -2.54. The molecule has 1 unspecified atom stereocenters. The number of hydrogen-bond donors (Lipinski definition) is 0. The average Bonchev–Trinajstić information content (AvgIpc) is 3.96. The van der Waals surface area contributed by atoms with E-state index in [-0.39, 0.29) is 30.1 Å². The highest BCUT2D eigenvalue weighted by molar-refractivity contribution is 7.28. The van der Waals surface area contributed by atoms with Crippen LogP contribution in [0.4, 0.5) is 10.2 Å². The van der Waals surface area contributed by atoms with Crippen LogP contribution in [0.1, 0.15) is 66.7 Å². The average molecular weight is 623 g/mol. The first-order valence-corrected chi connectivity index (χ1v) is 16.5. The van der Waals surface area contributed by atoms with Gasteiger partial charge in [-0.25, -0.2) is 9.18 Å². The second-order valence-corrected chi connectivity index (χ2v) is 13.6. The molecule has 3 heterocycles. The van der Waals surface area contributed by atoms with E-state index in [9.17, 15) is 9.59 Å². The van der Waals surface area contributed by atoms with Gasteiger partial charge >= 0.3 is 5.69 Å². The van der Waals surface area contributed by atoms with E-state index in [1.807, 2.05) is 11.5 Å². The fraction of sp³-hybridized carbons (Fsp3) is 0.361. The zero-order valence-electron chi connectivity index (χ0n) is 25.6. The van der Waals surface area contributed by atoms with Gasteiger partial charge in [0.1, 0.15) is 23.8 Å². The van der Waals surface area contributed by atoms with Gasteiger partial charge < -0.3 is 14.5 Å². The Morgan fingerprint density at radius 3 is 2.44 bits per heavy atom. The van der Waals surface area contributed by atoms with Gasteiger partial charge in [0.15, 0.2) is 5.75 Å². The summed E-state index contributed by atoms with van der Waals surface area (Å²) in [4.78, 5) is 35.8. The Labute approximate surface area is 263 Å². The summed E-state index contributed by atoms with van der Waals surface area (Å²) in [7, 11) is 2.58. The molecule has 2 aliphatic carbocycles. The van der Waals surface area contributed by atoms with E-state index in [0.717, 1.165) is 59.0 Å². The Morgan fingerprint density at radius 1 is 1.09 bits per heavy atom. The van der Waals surface area contributed by atoms with Gasteiger partial charge in [0.2, 0.25) is 5.91 Å². The van der Waals surface area contributed by atoms with Crippen molar-refractivity contribution in [2.75, 3.05) is 24.5 Å². The Balaban J connectivity index is 1.44. The van der Waals surface area contributed by atoms with Crippen molar-refractivity contribution in [3.63, 3.8) is 0 Å². The van der Waals surface area contributed by atoms with Gasteiger partial charge in [-0.3, -0.25) is 9.36 Å². The van der Waals surface area contributed by atoms with Crippen LogP contribution in [0, 0.1) is 12.7 Å². The minimum atomic E-state index is -0.352. The van der Waals surface area contributed by atoms with E-state index in [0.29, 0.717) is 53.9 Å². The number of piperazine rings is 1. The number of fused-ring (bicyclic) bond motifs is 5. The molecule has 2 aliphatic heterocycles. The molecule has 0 bridgehead atoms. The van der Waals surface area contributed by atoms with Gasteiger partial charge in [-0.1, -0.05) is 30.8 Å². The Hall–Kier alpha value is -4.03. The van der Waals surface area contributed by atoms with Crippen molar-refractivity contribution >= 4 is 37.2 Å². The smallest absolute Gasteiger partial charge is 0.354 e. The van der Waals surface area contributed by atoms with E-state index < -0.39 is 0 Å². The molecule has 230 valence electrons. The van der Waals surface area contributed by atoms with E-state index in [4.69, 9.17) is 9.72 Å². The van der Waals surface area contributed by atoms with Gasteiger partial charge in [-0.05, 0) is 91.8 Å². The maximum Gasteiger partial charge on any atom is 0.354 e. The fourth-order valence-electron chi connectivity index (χ4n) is 7.44. The Morgan fingerprint density at radius 2 is 1.80 bits per heavy atom. The molecule has 1 amide bonds. The lowest BCUT2D eigenvalue weighted by atomic mass is 9.91. The summed E-state index contributed by atoms with van der Waals surface area (Å²) in [6.07, 6.45) is 5.74. The number of aromatic nitrogens is 2. The van der Waals surface area contributed by atoms with Crippen LogP contribution in [-0.4, -0.2) is 46.0 Å². The summed E-state index contributed by atoms with van der Waals surface area (Å²) in [6, 6.07) is 11.7. The monoisotopic (exact) mass is 622 g/mol. The molecule has 7 nitrogen and oxygen atoms in total.